The number of benzene rings is 1. The van der Waals surface area contributed by atoms with E-state index in [1.807, 2.05) is 0 Å². The van der Waals surface area contributed by atoms with Gasteiger partial charge in [-0.3, -0.25) is 0 Å². The van der Waals surface area contributed by atoms with Gasteiger partial charge < -0.3 is 5.73 Å². The summed E-state index contributed by atoms with van der Waals surface area (Å²) in [5.74, 6) is 0.138. The molecule has 9 heteroatoms. The molecule has 1 aromatic carbocycles. The fourth-order valence-electron chi connectivity index (χ4n) is 3.00. The predicted molar refractivity (Wildman–Crippen MR) is 92.2 cm³/mol. The highest BCUT2D eigenvalue weighted by Crippen LogP contribution is 2.39. The molecule has 1 aromatic heterocycles. The number of hydrogen-bond donors (Lipinski definition) is 1. The van der Waals surface area contributed by atoms with E-state index in [1.165, 1.54) is 4.68 Å². The number of nitrogens with two attached hydrogens (primary N) is 1. The summed E-state index contributed by atoms with van der Waals surface area (Å²) in [5.41, 5.74) is 6.19. The Labute approximate surface area is 152 Å². The molecular formula is C16H15Cl2F3N4. The summed E-state index contributed by atoms with van der Waals surface area (Å²) in [6.45, 7) is 0. The number of rotatable bonds is 3. The molecule has 0 radical (unpaired) electrons. The first-order chi connectivity index (χ1) is 11.8. The average molecular weight is 391 g/mol. The number of aromatic nitrogens is 2. The number of alkyl halides is 4. The van der Waals surface area contributed by atoms with Crippen molar-refractivity contribution in [2.45, 2.75) is 31.9 Å². The van der Waals surface area contributed by atoms with Crippen LogP contribution >= 0.6 is 23.2 Å². The van der Waals surface area contributed by atoms with E-state index in [1.54, 1.807) is 18.2 Å². The Bertz CT molecular complexity index is 828. The first-order valence-corrected chi connectivity index (χ1v) is 8.60. The van der Waals surface area contributed by atoms with Crippen LogP contribution in [-0.2, 0) is 19.0 Å². The minimum absolute atomic E-state index is 0.00301. The first kappa shape index (κ1) is 18.1. The van der Waals surface area contributed by atoms with Crippen LogP contribution in [0.15, 0.2) is 23.2 Å². The van der Waals surface area contributed by atoms with Gasteiger partial charge in [-0.2, -0.15) is 18.3 Å². The van der Waals surface area contributed by atoms with E-state index < -0.39 is 11.9 Å². The maximum Gasteiger partial charge on any atom is 0.435 e. The van der Waals surface area contributed by atoms with Crippen LogP contribution in [0.1, 0.15) is 29.8 Å². The Morgan fingerprint density at radius 2 is 2.00 bits per heavy atom. The highest BCUT2D eigenvalue weighted by Gasteiger charge is 2.40. The first-order valence-electron chi connectivity index (χ1n) is 7.68. The van der Waals surface area contributed by atoms with Gasteiger partial charge in [-0.25, -0.2) is 9.67 Å². The quantitative estimate of drug-likeness (QED) is 0.471. The van der Waals surface area contributed by atoms with Crippen molar-refractivity contribution in [2.75, 3.05) is 5.88 Å². The molecule has 0 bridgehead atoms. The number of hydrogen-bond acceptors (Lipinski definition) is 2. The van der Waals surface area contributed by atoms with Gasteiger partial charge in [0.25, 0.3) is 0 Å². The highest BCUT2D eigenvalue weighted by molar-refractivity contribution is 6.33. The van der Waals surface area contributed by atoms with Crippen molar-refractivity contribution in [3.8, 4) is 5.69 Å². The van der Waals surface area contributed by atoms with Crippen molar-refractivity contribution in [3.63, 3.8) is 0 Å². The van der Waals surface area contributed by atoms with E-state index in [2.05, 4.69) is 10.1 Å². The Hall–Kier alpha value is -1.73. The van der Waals surface area contributed by atoms with E-state index >= 15 is 0 Å². The number of para-hydroxylation sites is 1. The molecule has 25 heavy (non-hydrogen) atoms. The van der Waals surface area contributed by atoms with Gasteiger partial charge in [0, 0.05) is 11.3 Å². The standard InChI is InChI=1S/C16H15Cl2F3N4/c17-8-13(22)23-11-6-3-5-10(18)14(11)25-12-7-2-1-4-9(12)15(24-25)16(19,20)21/h3,5-6H,1-2,4,7-8H2,(H2,22,23). The molecule has 2 aromatic rings. The van der Waals surface area contributed by atoms with Crippen LogP contribution in [0, 0.1) is 0 Å². The van der Waals surface area contributed by atoms with Crippen LogP contribution in [0.3, 0.4) is 0 Å². The fourth-order valence-corrected chi connectivity index (χ4v) is 3.31. The van der Waals surface area contributed by atoms with Crippen molar-refractivity contribution in [1.82, 2.24) is 9.78 Å². The molecule has 3 rings (SSSR count). The van der Waals surface area contributed by atoms with Crippen LogP contribution in [0.5, 0.6) is 0 Å². The number of aliphatic imine (C=N–C) groups is 1. The number of nitrogens with zero attached hydrogens (tertiary/aromatic N) is 3. The minimum Gasteiger partial charge on any atom is -0.386 e. The summed E-state index contributed by atoms with van der Waals surface area (Å²) >= 11 is 11.9. The van der Waals surface area contributed by atoms with Crippen molar-refractivity contribution in [2.24, 2.45) is 10.7 Å². The van der Waals surface area contributed by atoms with Crippen LogP contribution in [0.2, 0.25) is 5.02 Å². The molecule has 0 atom stereocenters. The van der Waals surface area contributed by atoms with E-state index in [0.29, 0.717) is 30.6 Å². The van der Waals surface area contributed by atoms with E-state index in [4.69, 9.17) is 28.9 Å². The van der Waals surface area contributed by atoms with Gasteiger partial charge >= 0.3 is 6.18 Å². The molecule has 0 saturated heterocycles. The second kappa shape index (κ2) is 6.88. The second-order valence-corrected chi connectivity index (χ2v) is 6.41. The molecule has 2 N–H and O–H groups in total. The Balaban J connectivity index is 2.26. The number of halogens is 5. The van der Waals surface area contributed by atoms with Gasteiger partial charge in [0.15, 0.2) is 5.69 Å². The average Bonchev–Trinajstić information content (AvgIpc) is 2.94. The van der Waals surface area contributed by atoms with Gasteiger partial charge in [-0.1, -0.05) is 17.7 Å². The molecule has 4 nitrogen and oxygen atoms in total. The van der Waals surface area contributed by atoms with E-state index in [-0.39, 0.29) is 28.0 Å². The number of amidine groups is 1. The Morgan fingerprint density at radius 1 is 1.28 bits per heavy atom. The molecule has 0 spiro atoms. The summed E-state index contributed by atoms with van der Waals surface area (Å²) in [7, 11) is 0. The zero-order valence-corrected chi connectivity index (χ0v) is 14.6. The summed E-state index contributed by atoms with van der Waals surface area (Å²) < 4.78 is 41.5. The van der Waals surface area contributed by atoms with Gasteiger partial charge in [0.2, 0.25) is 0 Å². The molecule has 1 heterocycles. The van der Waals surface area contributed by atoms with Gasteiger partial charge in [0.1, 0.15) is 11.5 Å². The lowest BCUT2D eigenvalue weighted by molar-refractivity contribution is -0.142. The molecule has 134 valence electrons. The topological polar surface area (TPSA) is 56.2 Å². The third kappa shape index (κ3) is 3.48. The normalized spacial score (nSPS) is 15.3. The molecule has 0 unspecified atom stereocenters. The second-order valence-electron chi connectivity index (χ2n) is 5.73. The van der Waals surface area contributed by atoms with Gasteiger partial charge in [-0.15, -0.1) is 11.6 Å². The lowest BCUT2D eigenvalue weighted by Crippen LogP contribution is -2.13. The molecule has 0 saturated carbocycles. The third-order valence-corrected chi connectivity index (χ3v) is 4.61. The van der Waals surface area contributed by atoms with Crippen LogP contribution in [-0.4, -0.2) is 21.5 Å². The Kier molecular flexibility index (Phi) is 4.97. The zero-order chi connectivity index (χ0) is 18.2. The van der Waals surface area contributed by atoms with Crippen molar-refractivity contribution in [3.05, 3.63) is 40.2 Å². The lowest BCUT2D eigenvalue weighted by Gasteiger charge is -2.16. The number of fused-ring (bicyclic) bond motifs is 1. The maximum atomic E-state index is 13.4. The van der Waals surface area contributed by atoms with E-state index in [0.717, 1.165) is 6.42 Å². The largest absolute Gasteiger partial charge is 0.435 e. The van der Waals surface area contributed by atoms with Crippen LogP contribution in [0.4, 0.5) is 18.9 Å². The van der Waals surface area contributed by atoms with Crippen molar-refractivity contribution >= 4 is 34.7 Å². The van der Waals surface area contributed by atoms with Crippen LogP contribution in [0.25, 0.3) is 5.69 Å². The molecule has 0 amide bonds. The molecular weight excluding hydrogens is 376 g/mol. The zero-order valence-electron chi connectivity index (χ0n) is 13.1. The minimum atomic E-state index is -4.52. The van der Waals surface area contributed by atoms with Crippen molar-refractivity contribution in [1.29, 1.82) is 0 Å². The van der Waals surface area contributed by atoms with E-state index in [9.17, 15) is 13.2 Å². The summed E-state index contributed by atoms with van der Waals surface area (Å²) in [5, 5.41) is 4.10. The summed E-state index contributed by atoms with van der Waals surface area (Å²) in [4.78, 5) is 4.17. The molecule has 1 aliphatic rings. The van der Waals surface area contributed by atoms with Crippen molar-refractivity contribution < 1.29 is 13.2 Å². The molecule has 1 aliphatic carbocycles. The SMILES string of the molecule is NC(CCl)=Nc1cccc(Cl)c1-n1nc(C(F)(F)F)c2c1CCCC2. The Morgan fingerprint density at radius 3 is 2.68 bits per heavy atom. The van der Waals surface area contributed by atoms with Gasteiger partial charge in [-0.05, 0) is 37.8 Å². The molecule has 0 fully saturated rings. The van der Waals surface area contributed by atoms with Crippen LogP contribution < -0.4 is 5.73 Å². The molecule has 0 aliphatic heterocycles. The smallest absolute Gasteiger partial charge is 0.386 e. The monoisotopic (exact) mass is 390 g/mol. The predicted octanol–water partition coefficient (Wildman–Crippen LogP) is 4.65. The lowest BCUT2D eigenvalue weighted by atomic mass is 9.95. The summed E-state index contributed by atoms with van der Waals surface area (Å²) in [6, 6.07) is 4.84. The third-order valence-electron chi connectivity index (χ3n) is 4.03. The summed E-state index contributed by atoms with van der Waals surface area (Å²) in [6.07, 6.45) is -2.18. The fraction of sp³-hybridized carbons (Fsp3) is 0.375. The van der Waals surface area contributed by atoms with Gasteiger partial charge in [0.05, 0.1) is 16.6 Å². The maximum absolute atomic E-state index is 13.4. The highest BCUT2D eigenvalue weighted by atomic mass is 35.5.